The van der Waals surface area contributed by atoms with E-state index in [1.165, 1.54) is 16.2 Å². The lowest BCUT2D eigenvalue weighted by molar-refractivity contribution is -0.116. The topological polar surface area (TPSA) is 49.4 Å². The molecule has 1 aromatic heterocycles. The second-order valence-corrected chi connectivity index (χ2v) is 7.45. The number of halogens is 2. The Balaban J connectivity index is 1.99. The molecule has 2 rings (SSSR count). The zero-order valence-corrected chi connectivity index (χ0v) is 16.0. The van der Waals surface area contributed by atoms with E-state index in [2.05, 4.69) is 12.2 Å². The Morgan fingerprint density at radius 2 is 1.92 bits per heavy atom. The first-order chi connectivity index (χ1) is 11.3. The Hall–Kier alpha value is -1.56. The van der Waals surface area contributed by atoms with Gasteiger partial charge in [0.15, 0.2) is 0 Å². The lowest BCUT2D eigenvalue weighted by atomic mass is 10.2. The Morgan fingerprint density at radius 1 is 1.21 bits per heavy atom. The maximum absolute atomic E-state index is 12.4. The third-order valence-electron chi connectivity index (χ3n) is 3.54. The third-order valence-corrected chi connectivity index (χ3v) is 5.36. The van der Waals surface area contributed by atoms with Crippen LogP contribution in [0.2, 0.25) is 10.0 Å². The molecule has 0 saturated carbocycles. The molecule has 0 atom stereocenters. The minimum Gasteiger partial charge on any atom is -0.332 e. The van der Waals surface area contributed by atoms with Gasteiger partial charge in [-0.3, -0.25) is 9.59 Å². The van der Waals surface area contributed by atoms with Crippen molar-refractivity contribution in [3.8, 4) is 0 Å². The molecule has 0 aliphatic rings. The quantitative estimate of drug-likeness (QED) is 0.816. The molecule has 0 bridgehead atoms. The average Bonchev–Trinajstić information content (AvgIpc) is 2.91. The van der Waals surface area contributed by atoms with Gasteiger partial charge in [0.25, 0.3) is 5.91 Å². The number of hydrogen-bond donors (Lipinski definition) is 1. The molecule has 7 heteroatoms. The Labute approximate surface area is 155 Å². The maximum Gasteiger partial charge on any atom is 0.264 e. The SMILES string of the molecule is CCc1cc(C(=O)N(C)CC(=O)Nc2ccc(Cl)c(Cl)c2)sc1C. The molecule has 128 valence electrons. The molecule has 1 N–H and O–H groups in total. The number of benzene rings is 1. The summed E-state index contributed by atoms with van der Waals surface area (Å²) in [5.41, 5.74) is 1.70. The van der Waals surface area contributed by atoms with Crippen LogP contribution in [0.1, 0.15) is 27.0 Å². The zero-order valence-electron chi connectivity index (χ0n) is 13.7. The van der Waals surface area contributed by atoms with Crippen molar-refractivity contribution in [2.24, 2.45) is 0 Å². The van der Waals surface area contributed by atoms with Crippen LogP contribution in [0, 0.1) is 6.92 Å². The van der Waals surface area contributed by atoms with Crippen molar-refractivity contribution in [1.82, 2.24) is 4.90 Å². The molecule has 0 radical (unpaired) electrons. The standard InChI is InChI=1S/C17H18Cl2N2O2S/c1-4-11-7-15(24-10(11)2)17(23)21(3)9-16(22)20-12-5-6-13(18)14(19)8-12/h5-8H,4,9H2,1-3H3,(H,20,22). The van der Waals surface area contributed by atoms with Gasteiger partial charge in [-0.15, -0.1) is 11.3 Å². The average molecular weight is 385 g/mol. The first kappa shape index (κ1) is 18.8. The number of carbonyl (C=O) groups excluding carboxylic acids is 2. The lowest BCUT2D eigenvalue weighted by Crippen LogP contribution is -2.34. The van der Waals surface area contributed by atoms with E-state index in [1.807, 2.05) is 13.0 Å². The Morgan fingerprint density at radius 3 is 2.50 bits per heavy atom. The van der Waals surface area contributed by atoms with Gasteiger partial charge in [-0.05, 0) is 43.2 Å². The van der Waals surface area contributed by atoms with E-state index in [0.717, 1.165) is 16.9 Å². The van der Waals surface area contributed by atoms with Gasteiger partial charge < -0.3 is 10.2 Å². The van der Waals surface area contributed by atoms with Gasteiger partial charge in [0.1, 0.15) is 0 Å². The summed E-state index contributed by atoms with van der Waals surface area (Å²) >= 11 is 13.2. The largest absolute Gasteiger partial charge is 0.332 e. The van der Waals surface area contributed by atoms with Gasteiger partial charge in [-0.1, -0.05) is 30.1 Å². The van der Waals surface area contributed by atoms with Gasteiger partial charge in [0.2, 0.25) is 5.91 Å². The van der Waals surface area contributed by atoms with Crippen LogP contribution < -0.4 is 5.32 Å². The molecule has 0 fully saturated rings. The second-order valence-electron chi connectivity index (χ2n) is 5.38. The van der Waals surface area contributed by atoms with Crippen molar-refractivity contribution >= 4 is 52.0 Å². The molecule has 0 unspecified atom stereocenters. The van der Waals surface area contributed by atoms with Crippen LogP contribution in [0.25, 0.3) is 0 Å². The van der Waals surface area contributed by atoms with E-state index in [4.69, 9.17) is 23.2 Å². The summed E-state index contributed by atoms with van der Waals surface area (Å²) in [4.78, 5) is 27.7. The van der Waals surface area contributed by atoms with E-state index >= 15 is 0 Å². The summed E-state index contributed by atoms with van der Waals surface area (Å²) < 4.78 is 0. The minimum atomic E-state index is -0.298. The fourth-order valence-corrected chi connectivity index (χ4v) is 3.63. The van der Waals surface area contributed by atoms with Crippen molar-refractivity contribution in [3.63, 3.8) is 0 Å². The number of hydrogen-bond acceptors (Lipinski definition) is 3. The third kappa shape index (κ3) is 4.50. The van der Waals surface area contributed by atoms with Crippen LogP contribution in [0.15, 0.2) is 24.3 Å². The van der Waals surface area contributed by atoms with E-state index in [1.54, 1.807) is 25.2 Å². The highest BCUT2D eigenvalue weighted by atomic mass is 35.5. The predicted molar refractivity (Wildman–Crippen MR) is 100 cm³/mol. The van der Waals surface area contributed by atoms with Crippen LogP contribution >= 0.6 is 34.5 Å². The van der Waals surface area contributed by atoms with Gasteiger partial charge in [0, 0.05) is 17.6 Å². The summed E-state index contributed by atoms with van der Waals surface area (Å²) in [6, 6.07) is 6.73. The van der Waals surface area contributed by atoms with E-state index < -0.39 is 0 Å². The molecule has 2 amide bonds. The number of nitrogens with zero attached hydrogens (tertiary/aromatic N) is 1. The number of nitrogens with one attached hydrogen (secondary N) is 1. The minimum absolute atomic E-state index is 0.0442. The number of rotatable bonds is 5. The zero-order chi connectivity index (χ0) is 17.9. The first-order valence-corrected chi connectivity index (χ1v) is 8.98. The summed E-state index contributed by atoms with van der Waals surface area (Å²) in [6.45, 7) is 4.01. The highest BCUT2D eigenvalue weighted by Gasteiger charge is 2.18. The van der Waals surface area contributed by atoms with Crippen molar-refractivity contribution in [2.75, 3.05) is 18.9 Å². The van der Waals surface area contributed by atoms with Crippen LogP contribution in [-0.2, 0) is 11.2 Å². The Bertz CT molecular complexity index is 774. The van der Waals surface area contributed by atoms with Crippen molar-refractivity contribution in [2.45, 2.75) is 20.3 Å². The van der Waals surface area contributed by atoms with Crippen LogP contribution in [-0.4, -0.2) is 30.3 Å². The molecular weight excluding hydrogens is 367 g/mol. The molecule has 0 aliphatic carbocycles. The van der Waals surface area contributed by atoms with Crippen molar-refractivity contribution in [1.29, 1.82) is 0 Å². The highest BCUT2D eigenvalue weighted by Crippen LogP contribution is 2.25. The van der Waals surface area contributed by atoms with Gasteiger partial charge in [-0.2, -0.15) is 0 Å². The van der Waals surface area contributed by atoms with Crippen molar-refractivity contribution < 1.29 is 9.59 Å². The molecule has 4 nitrogen and oxygen atoms in total. The molecule has 0 saturated heterocycles. The Kier molecular flexibility index (Phi) is 6.27. The summed E-state index contributed by atoms with van der Waals surface area (Å²) in [5.74, 6) is -0.458. The summed E-state index contributed by atoms with van der Waals surface area (Å²) in [6.07, 6.45) is 0.886. The lowest BCUT2D eigenvalue weighted by Gasteiger charge is -2.16. The number of aryl methyl sites for hydroxylation is 2. The molecule has 24 heavy (non-hydrogen) atoms. The van der Waals surface area contributed by atoms with Gasteiger partial charge in [0.05, 0.1) is 21.5 Å². The number of amides is 2. The summed E-state index contributed by atoms with van der Waals surface area (Å²) in [5, 5.41) is 3.48. The maximum atomic E-state index is 12.4. The molecule has 0 spiro atoms. The van der Waals surface area contributed by atoms with Gasteiger partial charge >= 0.3 is 0 Å². The summed E-state index contributed by atoms with van der Waals surface area (Å²) in [7, 11) is 1.61. The molecular formula is C17H18Cl2N2O2S. The number of anilines is 1. The monoisotopic (exact) mass is 384 g/mol. The smallest absolute Gasteiger partial charge is 0.264 e. The van der Waals surface area contributed by atoms with E-state index in [9.17, 15) is 9.59 Å². The number of carbonyl (C=O) groups is 2. The van der Waals surface area contributed by atoms with Crippen LogP contribution in [0.5, 0.6) is 0 Å². The van der Waals surface area contributed by atoms with Crippen LogP contribution in [0.4, 0.5) is 5.69 Å². The van der Waals surface area contributed by atoms with E-state index in [0.29, 0.717) is 20.6 Å². The van der Waals surface area contributed by atoms with Gasteiger partial charge in [-0.25, -0.2) is 0 Å². The highest BCUT2D eigenvalue weighted by molar-refractivity contribution is 7.14. The predicted octanol–water partition coefficient (Wildman–Crippen LogP) is 4.64. The second kappa shape index (κ2) is 8.01. The molecule has 1 aromatic carbocycles. The molecule has 2 aromatic rings. The van der Waals surface area contributed by atoms with Crippen LogP contribution in [0.3, 0.4) is 0 Å². The fraction of sp³-hybridized carbons (Fsp3) is 0.294. The first-order valence-electron chi connectivity index (χ1n) is 7.41. The molecule has 1 heterocycles. The fourth-order valence-electron chi connectivity index (χ4n) is 2.23. The van der Waals surface area contributed by atoms with E-state index in [-0.39, 0.29) is 18.4 Å². The molecule has 0 aliphatic heterocycles. The number of thiophene rings is 1. The number of likely N-dealkylation sites (N-methyl/N-ethyl adjacent to an activating group) is 1. The normalized spacial score (nSPS) is 10.5. The van der Waals surface area contributed by atoms with Crippen molar-refractivity contribution in [3.05, 3.63) is 49.6 Å².